The molecule has 7 nitrogen and oxygen atoms in total. The molecule has 108 valence electrons. The largest absolute Gasteiger partial charge is 0.433 e. The fourth-order valence-electron chi connectivity index (χ4n) is 1.31. The van der Waals surface area contributed by atoms with Gasteiger partial charge in [-0.3, -0.25) is 14.9 Å². The first-order valence-electron chi connectivity index (χ1n) is 5.54. The number of halogens is 1. The first-order chi connectivity index (χ1) is 10.1. The summed E-state index contributed by atoms with van der Waals surface area (Å²) in [7, 11) is 0. The van der Waals surface area contributed by atoms with Gasteiger partial charge in [-0.05, 0) is 39.5 Å². The topological polar surface area (TPSA) is 97.7 Å². The third kappa shape index (κ3) is 4.36. The van der Waals surface area contributed by atoms with Gasteiger partial charge < -0.3 is 4.42 Å². The maximum absolute atomic E-state index is 11.6. The molecule has 0 spiro atoms. The predicted octanol–water partition coefficient (Wildman–Crippen LogP) is 3.40. The number of carbonyl (C=O) groups excluding carboxylic acids is 1. The average molecular weight is 370 g/mol. The van der Waals surface area contributed by atoms with Crippen molar-refractivity contribution >= 4 is 51.3 Å². The lowest BCUT2D eigenvalue weighted by molar-refractivity contribution is -0.402. The van der Waals surface area contributed by atoms with Gasteiger partial charge in [0.05, 0.1) is 17.2 Å². The molecule has 2 heterocycles. The number of hydrogen-bond acceptors (Lipinski definition) is 6. The summed E-state index contributed by atoms with van der Waals surface area (Å²) in [5.41, 5.74) is 2.36. The number of hydrogen-bond donors (Lipinski definition) is 1. The van der Waals surface area contributed by atoms with Crippen LogP contribution in [0.1, 0.15) is 15.4 Å². The molecule has 9 heteroatoms. The zero-order valence-corrected chi connectivity index (χ0v) is 12.8. The van der Waals surface area contributed by atoms with Gasteiger partial charge in [0.25, 0.3) is 5.91 Å². The van der Waals surface area contributed by atoms with E-state index in [1.165, 1.54) is 35.8 Å². The van der Waals surface area contributed by atoms with E-state index in [1.807, 2.05) is 0 Å². The Morgan fingerprint density at radius 3 is 2.90 bits per heavy atom. The van der Waals surface area contributed by atoms with E-state index in [4.69, 9.17) is 4.42 Å². The van der Waals surface area contributed by atoms with Crippen LogP contribution in [0.25, 0.3) is 6.08 Å². The molecule has 0 aliphatic carbocycles. The number of allylic oxidation sites excluding steroid dienone is 1. The minimum Gasteiger partial charge on any atom is -0.401 e. The van der Waals surface area contributed by atoms with E-state index in [2.05, 4.69) is 26.5 Å². The van der Waals surface area contributed by atoms with Crippen molar-refractivity contribution in [3.63, 3.8) is 0 Å². The number of rotatable bonds is 5. The van der Waals surface area contributed by atoms with Crippen molar-refractivity contribution in [3.8, 4) is 0 Å². The molecule has 0 fully saturated rings. The van der Waals surface area contributed by atoms with Crippen LogP contribution >= 0.6 is 27.3 Å². The molecule has 0 aliphatic rings. The van der Waals surface area contributed by atoms with Gasteiger partial charge in [0.2, 0.25) is 0 Å². The molecular weight excluding hydrogens is 362 g/mol. The van der Waals surface area contributed by atoms with Gasteiger partial charge in [0.15, 0.2) is 0 Å². The van der Waals surface area contributed by atoms with Crippen molar-refractivity contribution in [2.24, 2.45) is 5.10 Å². The van der Waals surface area contributed by atoms with E-state index >= 15 is 0 Å². The van der Waals surface area contributed by atoms with Gasteiger partial charge in [-0.25, -0.2) is 5.43 Å². The van der Waals surface area contributed by atoms with Crippen molar-refractivity contribution < 1.29 is 14.1 Å². The molecule has 0 unspecified atom stereocenters. The van der Waals surface area contributed by atoms with E-state index in [1.54, 1.807) is 17.5 Å². The fraction of sp³-hybridized carbons (Fsp3) is 0. The number of nitrogens with zero attached hydrogens (tertiary/aromatic N) is 2. The minimum absolute atomic E-state index is 0.296. The molecule has 0 aromatic carbocycles. The Bertz CT molecular complexity index is 706. The smallest absolute Gasteiger partial charge is 0.401 e. The van der Waals surface area contributed by atoms with Crippen molar-refractivity contribution in [1.82, 2.24) is 5.43 Å². The quantitative estimate of drug-likeness (QED) is 0.495. The summed E-state index contributed by atoms with van der Waals surface area (Å²) in [6.45, 7) is 0. The van der Waals surface area contributed by atoms with Crippen LogP contribution in [-0.2, 0) is 0 Å². The minimum atomic E-state index is -0.624. The third-order valence-corrected chi connectivity index (χ3v) is 3.47. The Morgan fingerprint density at radius 2 is 2.29 bits per heavy atom. The number of nitrogens with one attached hydrogen (secondary N) is 1. The van der Waals surface area contributed by atoms with Gasteiger partial charge in [-0.15, -0.1) is 11.3 Å². The van der Waals surface area contributed by atoms with E-state index in [9.17, 15) is 14.9 Å². The molecule has 0 bridgehead atoms. The lowest BCUT2D eigenvalue weighted by Gasteiger charge is -1.94. The molecular formula is C12H8BrN3O4S. The predicted molar refractivity (Wildman–Crippen MR) is 82.5 cm³/mol. The molecule has 0 saturated carbocycles. The molecule has 1 amide bonds. The number of carbonyl (C=O) groups is 1. The lowest BCUT2D eigenvalue weighted by Crippen LogP contribution is -2.15. The summed E-state index contributed by atoms with van der Waals surface area (Å²) in [5, 5.41) is 16.0. The van der Waals surface area contributed by atoms with Crippen molar-refractivity contribution in [2.45, 2.75) is 0 Å². The summed E-state index contributed by atoms with van der Waals surface area (Å²) in [5.74, 6) is -0.357. The van der Waals surface area contributed by atoms with Gasteiger partial charge in [0, 0.05) is 4.48 Å². The van der Waals surface area contributed by atoms with Crippen LogP contribution in [0.4, 0.5) is 5.88 Å². The van der Waals surface area contributed by atoms with E-state index in [0.29, 0.717) is 15.1 Å². The Kier molecular flexibility index (Phi) is 5.01. The summed E-state index contributed by atoms with van der Waals surface area (Å²) >= 11 is 4.50. The van der Waals surface area contributed by atoms with Crippen molar-refractivity contribution in [2.75, 3.05) is 0 Å². The standard InChI is InChI=1S/C12H8BrN3O4S/c13-8(6-9-3-4-11(20-9)16(18)19)7-14-15-12(17)10-2-1-5-21-10/h1-7H,(H,15,17)/b8-6-,14-7+. The normalized spacial score (nSPS) is 11.8. The van der Waals surface area contributed by atoms with Crippen LogP contribution in [-0.4, -0.2) is 17.0 Å². The molecule has 0 radical (unpaired) electrons. The van der Waals surface area contributed by atoms with E-state index in [0.717, 1.165) is 0 Å². The lowest BCUT2D eigenvalue weighted by atomic mass is 10.4. The van der Waals surface area contributed by atoms with E-state index < -0.39 is 4.92 Å². The van der Waals surface area contributed by atoms with Crippen LogP contribution in [0.5, 0.6) is 0 Å². The zero-order valence-electron chi connectivity index (χ0n) is 10.4. The SMILES string of the molecule is O=C(N/N=C/C(Br)=C/c1ccc([N+](=O)[O-])o1)c1cccs1. The molecule has 1 N–H and O–H groups in total. The van der Waals surface area contributed by atoms with Gasteiger partial charge in [-0.2, -0.15) is 5.10 Å². The molecule has 2 rings (SSSR count). The number of nitro groups is 1. The Balaban J connectivity index is 1.95. The highest BCUT2D eigenvalue weighted by Crippen LogP contribution is 2.19. The highest BCUT2D eigenvalue weighted by Gasteiger charge is 2.10. The number of hydrazone groups is 1. The van der Waals surface area contributed by atoms with Crippen LogP contribution in [0, 0.1) is 10.1 Å². The zero-order chi connectivity index (χ0) is 15.2. The second kappa shape index (κ2) is 6.95. The summed E-state index contributed by atoms with van der Waals surface area (Å²) in [6, 6.07) is 6.16. The van der Waals surface area contributed by atoms with Gasteiger partial charge in [-0.1, -0.05) is 6.07 Å². The van der Waals surface area contributed by atoms with Gasteiger partial charge in [0.1, 0.15) is 10.7 Å². The second-order valence-corrected chi connectivity index (χ2v) is 5.50. The number of furan rings is 1. The summed E-state index contributed by atoms with van der Waals surface area (Å²) < 4.78 is 5.43. The van der Waals surface area contributed by atoms with Crippen LogP contribution in [0.3, 0.4) is 0 Å². The van der Waals surface area contributed by atoms with Crippen LogP contribution in [0.2, 0.25) is 0 Å². The monoisotopic (exact) mass is 369 g/mol. The first kappa shape index (κ1) is 15.1. The number of amides is 1. The maximum Gasteiger partial charge on any atom is 0.433 e. The Hall–Kier alpha value is -2.26. The van der Waals surface area contributed by atoms with Crippen LogP contribution in [0.15, 0.2) is 43.6 Å². The highest BCUT2D eigenvalue weighted by atomic mass is 79.9. The average Bonchev–Trinajstić information content (AvgIpc) is 3.09. The van der Waals surface area contributed by atoms with Gasteiger partial charge >= 0.3 is 5.88 Å². The Labute approximate surface area is 131 Å². The third-order valence-electron chi connectivity index (χ3n) is 2.17. The summed E-state index contributed by atoms with van der Waals surface area (Å²) in [6.07, 6.45) is 2.84. The highest BCUT2D eigenvalue weighted by molar-refractivity contribution is 9.12. The van der Waals surface area contributed by atoms with Crippen molar-refractivity contribution in [1.29, 1.82) is 0 Å². The molecule has 0 atom stereocenters. The van der Waals surface area contributed by atoms with Crippen LogP contribution < -0.4 is 5.43 Å². The molecule has 21 heavy (non-hydrogen) atoms. The number of thiophene rings is 1. The summed E-state index contributed by atoms with van der Waals surface area (Å²) in [4.78, 5) is 22.0. The molecule has 0 saturated heterocycles. The first-order valence-corrected chi connectivity index (χ1v) is 7.22. The Morgan fingerprint density at radius 1 is 1.48 bits per heavy atom. The van der Waals surface area contributed by atoms with Crippen molar-refractivity contribution in [3.05, 3.63) is 54.9 Å². The molecule has 2 aromatic rings. The van der Waals surface area contributed by atoms with E-state index in [-0.39, 0.29) is 11.8 Å². The molecule has 0 aliphatic heterocycles. The molecule has 2 aromatic heterocycles. The second-order valence-electron chi connectivity index (χ2n) is 3.64. The fourth-order valence-corrected chi connectivity index (χ4v) is 2.25. The maximum atomic E-state index is 11.6.